The highest BCUT2D eigenvalue weighted by Crippen LogP contribution is 2.39. The second kappa shape index (κ2) is 11.2. The molecule has 0 N–H and O–H groups in total. The number of benzene rings is 3. The van der Waals surface area contributed by atoms with Crippen molar-refractivity contribution in [2.24, 2.45) is 0 Å². The monoisotopic (exact) mass is 495 g/mol. The van der Waals surface area contributed by atoms with Gasteiger partial charge in [-0.25, -0.2) is 4.39 Å². The number of carbonyl (C=O) groups excluding carboxylic acids is 1. The van der Waals surface area contributed by atoms with E-state index in [1.165, 1.54) is 12.1 Å². The van der Waals surface area contributed by atoms with E-state index in [-0.39, 0.29) is 30.8 Å². The van der Waals surface area contributed by atoms with Crippen molar-refractivity contribution in [3.05, 3.63) is 77.1 Å². The van der Waals surface area contributed by atoms with Gasteiger partial charge in [0.15, 0.2) is 23.0 Å². The number of nitrogens with zero attached hydrogens (tertiary/aromatic N) is 1. The van der Waals surface area contributed by atoms with Crippen LogP contribution in [0.2, 0.25) is 0 Å². The van der Waals surface area contributed by atoms with Gasteiger partial charge in [0.05, 0.1) is 40.9 Å². The van der Waals surface area contributed by atoms with Crippen LogP contribution in [-0.2, 0) is 17.6 Å². The number of hydrogen-bond acceptors (Lipinski definition) is 6. The van der Waals surface area contributed by atoms with Gasteiger partial charge in [0.25, 0.3) is 0 Å². The Labute approximate surface area is 210 Å². The summed E-state index contributed by atoms with van der Waals surface area (Å²) in [5.41, 5.74) is 2.81. The van der Waals surface area contributed by atoms with Crippen LogP contribution >= 0.6 is 0 Å². The minimum Gasteiger partial charge on any atom is -0.493 e. The molecule has 0 saturated carbocycles. The molecule has 1 amide bonds. The number of hydrogen-bond donors (Lipinski definition) is 0. The molecule has 0 bridgehead atoms. The molecule has 0 fully saturated rings. The smallest absolute Gasteiger partial charge is 0.227 e. The Bertz CT molecular complexity index is 1210. The third-order valence-corrected chi connectivity index (χ3v) is 6.35. The second-order valence-corrected chi connectivity index (χ2v) is 8.39. The predicted octanol–water partition coefficient (Wildman–Crippen LogP) is 4.61. The van der Waals surface area contributed by atoms with E-state index >= 15 is 0 Å². The van der Waals surface area contributed by atoms with Crippen molar-refractivity contribution in [3.8, 4) is 28.7 Å². The molecule has 4 rings (SSSR count). The lowest BCUT2D eigenvalue weighted by molar-refractivity contribution is -0.134. The second-order valence-electron chi connectivity index (χ2n) is 8.39. The lowest BCUT2D eigenvalue weighted by Gasteiger charge is -2.37. The molecular weight excluding hydrogens is 465 g/mol. The van der Waals surface area contributed by atoms with Crippen molar-refractivity contribution >= 4 is 5.91 Å². The highest BCUT2D eigenvalue weighted by atomic mass is 19.1. The Morgan fingerprint density at radius 3 is 2.17 bits per heavy atom. The lowest BCUT2D eigenvalue weighted by Crippen LogP contribution is -2.43. The standard InChI is InChI=1S/C28H30FNO6/c1-32-24-10-5-18(13-25(24)33-2)14-28(31)30-12-11-19-15-26(34-3)27(35-4)16-22(19)23(30)17-36-21-8-6-20(29)7-9-21/h5-10,13,15-16,23H,11-12,14,17H2,1-4H3/t23-/m0/s1. The van der Waals surface area contributed by atoms with Crippen LogP contribution < -0.4 is 23.7 Å². The summed E-state index contributed by atoms with van der Waals surface area (Å²) in [7, 11) is 6.32. The highest BCUT2D eigenvalue weighted by Gasteiger charge is 2.33. The minimum absolute atomic E-state index is 0.0460. The summed E-state index contributed by atoms with van der Waals surface area (Å²) in [6.07, 6.45) is 0.858. The number of methoxy groups -OCH3 is 4. The van der Waals surface area contributed by atoms with Crippen LogP contribution in [0.4, 0.5) is 4.39 Å². The number of carbonyl (C=O) groups is 1. The van der Waals surface area contributed by atoms with Crippen LogP contribution in [-0.4, -0.2) is 52.4 Å². The van der Waals surface area contributed by atoms with E-state index in [0.29, 0.717) is 41.7 Å². The van der Waals surface area contributed by atoms with Crippen molar-refractivity contribution in [1.82, 2.24) is 4.90 Å². The van der Waals surface area contributed by atoms with Gasteiger partial charge >= 0.3 is 0 Å². The summed E-state index contributed by atoms with van der Waals surface area (Å²) in [4.78, 5) is 15.4. The molecule has 0 radical (unpaired) electrons. The van der Waals surface area contributed by atoms with Crippen molar-refractivity contribution in [2.75, 3.05) is 41.6 Å². The third kappa shape index (κ3) is 5.32. The summed E-state index contributed by atoms with van der Waals surface area (Å²) in [5.74, 6) is 2.53. The molecule has 3 aromatic rings. The molecule has 8 heteroatoms. The van der Waals surface area contributed by atoms with E-state index < -0.39 is 0 Å². The zero-order valence-electron chi connectivity index (χ0n) is 20.9. The number of fused-ring (bicyclic) bond motifs is 1. The van der Waals surface area contributed by atoms with Crippen molar-refractivity contribution < 1.29 is 32.9 Å². The van der Waals surface area contributed by atoms with Crippen LogP contribution in [0.25, 0.3) is 0 Å². The maximum atomic E-state index is 13.6. The van der Waals surface area contributed by atoms with Gasteiger partial charge in [-0.3, -0.25) is 4.79 Å². The molecule has 0 unspecified atom stereocenters. The first kappa shape index (κ1) is 25.2. The predicted molar refractivity (Wildman–Crippen MR) is 133 cm³/mol. The number of amides is 1. The average Bonchev–Trinajstić information content (AvgIpc) is 2.91. The van der Waals surface area contributed by atoms with Crippen LogP contribution in [0.3, 0.4) is 0 Å². The Morgan fingerprint density at radius 1 is 0.861 bits per heavy atom. The van der Waals surface area contributed by atoms with E-state index in [1.54, 1.807) is 46.6 Å². The first-order valence-electron chi connectivity index (χ1n) is 11.6. The van der Waals surface area contributed by atoms with Gasteiger partial charge in [-0.1, -0.05) is 6.07 Å². The fourth-order valence-corrected chi connectivity index (χ4v) is 4.48. The molecule has 1 aliphatic rings. The van der Waals surface area contributed by atoms with Gasteiger partial charge in [-0.05, 0) is 71.6 Å². The fourth-order valence-electron chi connectivity index (χ4n) is 4.48. The van der Waals surface area contributed by atoms with Crippen LogP contribution in [0.5, 0.6) is 28.7 Å². The largest absolute Gasteiger partial charge is 0.493 e. The third-order valence-electron chi connectivity index (χ3n) is 6.35. The van der Waals surface area contributed by atoms with Gasteiger partial charge in [0.2, 0.25) is 5.91 Å². The molecule has 36 heavy (non-hydrogen) atoms. The number of rotatable bonds is 9. The summed E-state index contributed by atoms with van der Waals surface area (Å²) in [6, 6.07) is 14.8. The minimum atomic E-state index is -0.369. The summed E-state index contributed by atoms with van der Waals surface area (Å²) >= 11 is 0. The molecule has 3 aromatic carbocycles. The van der Waals surface area contributed by atoms with E-state index in [4.69, 9.17) is 23.7 Å². The zero-order chi connectivity index (χ0) is 25.7. The normalized spacial score (nSPS) is 14.6. The molecule has 1 heterocycles. The van der Waals surface area contributed by atoms with Gasteiger partial charge in [0, 0.05) is 6.54 Å². The first-order chi connectivity index (χ1) is 17.5. The molecule has 1 aliphatic heterocycles. The Balaban J connectivity index is 1.63. The van der Waals surface area contributed by atoms with Crippen molar-refractivity contribution in [1.29, 1.82) is 0 Å². The number of halogens is 1. The lowest BCUT2D eigenvalue weighted by atomic mass is 9.91. The van der Waals surface area contributed by atoms with E-state index in [0.717, 1.165) is 16.7 Å². The SMILES string of the molecule is COc1ccc(CC(=O)N2CCc3cc(OC)c(OC)cc3[C@@H]2COc2ccc(F)cc2)cc1OC. The van der Waals surface area contributed by atoms with Gasteiger partial charge < -0.3 is 28.6 Å². The molecule has 7 nitrogen and oxygen atoms in total. The summed E-state index contributed by atoms with van der Waals surface area (Å²) in [6.45, 7) is 0.720. The molecule has 0 aromatic heterocycles. The van der Waals surface area contributed by atoms with Crippen molar-refractivity contribution in [2.45, 2.75) is 18.9 Å². The van der Waals surface area contributed by atoms with E-state index in [9.17, 15) is 9.18 Å². The maximum absolute atomic E-state index is 13.6. The van der Waals surface area contributed by atoms with E-state index in [1.807, 2.05) is 29.2 Å². The molecule has 190 valence electrons. The zero-order valence-corrected chi connectivity index (χ0v) is 20.9. The molecule has 0 saturated heterocycles. The van der Waals surface area contributed by atoms with Crippen LogP contribution in [0, 0.1) is 5.82 Å². The van der Waals surface area contributed by atoms with Crippen LogP contribution in [0.1, 0.15) is 22.7 Å². The molecule has 0 aliphatic carbocycles. The molecular formula is C28H30FNO6. The Kier molecular flexibility index (Phi) is 7.83. The van der Waals surface area contributed by atoms with Gasteiger partial charge in [-0.15, -0.1) is 0 Å². The van der Waals surface area contributed by atoms with Crippen molar-refractivity contribution in [3.63, 3.8) is 0 Å². The maximum Gasteiger partial charge on any atom is 0.227 e. The topological polar surface area (TPSA) is 66.5 Å². The highest BCUT2D eigenvalue weighted by molar-refractivity contribution is 5.80. The Hall–Kier alpha value is -3.94. The van der Waals surface area contributed by atoms with E-state index in [2.05, 4.69) is 0 Å². The quantitative estimate of drug-likeness (QED) is 0.432. The molecule has 1 atom stereocenters. The number of ether oxygens (including phenoxy) is 5. The summed E-state index contributed by atoms with van der Waals surface area (Å²) < 4.78 is 41.1. The molecule has 0 spiro atoms. The Morgan fingerprint density at radius 2 is 1.50 bits per heavy atom. The van der Waals surface area contributed by atoms with Gasteiger partial charge in [-0.2, -0.15) is 0 Å². The fraction of sp³-hybridized carbons (Fsp3) is 0.321. The average molecular weight is 496 g/mol. The summed E-state index contributed by atoms with van der Waals surface area (Å²) in [5, 5.41) is 0. The first-order valence-corrected chi connectivity index (χ1v) is 11.6. The van der Waals surface area contributed by atoms with Gasteiger partial charge in [0.1, 0.15) is 18.2 Å². The van der Waals surface area contributed by atoms with Crippen LogP contribution in [0.15, 0.2) is 54.6 Å².